The first-order valence-electron chi connectivity index (χ1n) is 29.2. The smallest absolute Gasteiger partial charge is 0.497 e. The summed E-state index contributed by atoms with van der Waals surface area (Å²) in [5, 5.41) is 6.08. The molecule has 0 radical (unpaired) electrons. The average molecular weight is 1350 g/mol. The predicted octanol–water partition coefficient (Wildman–Crippen LogP) is 12.6. The van der Waals surface area contributed by atoms with Gasteiger partial charge in [-0.2, -0.15) is 4.98 Å². The van der Waals surface area contributed by atoms with E-state index < -0.39 is 82.2 Å². The van der Waals surface area contributed by atoms with E-state index in [1.807, 2.05) is 78.9 Å². The minimum atomic E-state index is -5.08. The largest absolute Gasteiger partial charge is 0.530 e. The van der Waals surface area contributed by atoms with Gasteiger partial charge in [-0.05, 0) is 120 Å². The number of hydrogen-bond donors (Lipinski definition) is 3. The summed E-state index contributed by atoms with van der Waals surface area (Å²) in [5.74, 6) is 0.160. The highest BCUT2D eigenvalue weighted by molar-refractivity contribution is 7.49. The van der Waals surface area contributed by atoms with Crippen LogP contribution in [0.2, 0.25) is 10.0 Å². The number of anilines is 2. The molecule has 5 heterocycles. The molecule has 24 nitrogen and oxygen atoms in total. The number of carbonyl (C=O) groups is 2. The summed E-state index contributed by atoms with van der Waals surface area (Å²) in [5.41, 5.74) is 0.941. The molecular formula is C66H58Cl2N8O16P2. The maximum absolute atomic E-state index is 16.0. The fraction of sp³-hybridized carbons (Fsp3) is 0.197. The van der Waals surface area contributed by atoms with Gasteiger partial charge < -0.3 is 43.4 Å². The second kappa shape index (κ2) is 28.6. The van der Waals surface area contributed by atoms with Gasteiger partial charge >= 0.3 is 21.3 Å². The molecule has 2 unspecified atom stereocenters. The van der Waals surface area contributed by atoms with Gasteiger partial charge in [0.2, 0.25) is 0 Å². The number of ether oxygens (including phenoxy) is 5. The van der Waals surface area contributed by atoms with Gasteiger partial charge in [-0.25, -0.2) is 28.9 Å². The quantitative estimate of drug-likeness (QED) is 0.0354. The fourth-order valence-corrected chi connectivity index (χ4v) is 13.5. The molecule has 3 aromatic heterocycles. The van der Waals surface area contributed by atoms with Crippen molar-refractivity contribution >= 4 is 73.5 Å². The lowest BCUT2D eigenvalue weighted by Crippen LogP contribution is -2.38. The van der Waals surface area contributed by atoms with E-state index in [1.165, 1.54) is 73.4 Å². The molecule has 28 heteroatoms. The first-order valence-corrected chi connectivity index (χ1v) is 32.9. The molecule has 2 amide bonds. The molecule has 0 spiro atoms. The number of imidazole rings is 1. The Labute approximate surface area is 547 Å². The van der Waals surface area contributed by atoms with Gasteiger partial charge in [-0.1, -0.05) is 114 Å². The zero-order chi connectivity index (χ0) is 65.4. The minimum absolute atomic E-state index is 0.0215. The van der Waals surface area contributed by atoms with Gasteiger partial charge in [-0.15, -0.1) is 0 Å². The van der Waals surface area contributed by atoms with E-state index in [1.54, 1.807) is 79.5 Å². The van der Waals surface area contributed by atoms with Crippen LogP contribution in [0.3, 0.4) is 0 Å². The van der Waals surface area contributed by atoms with Crippen LogP contribution in [0.1, 0.15) is 62.7 Å². The lowest BCUT2D eigenvalue weighted by molar-refractivity contribution is -0.0936. The highest BCUT2D eigenvalue weighted by atomic mass is 35.5. The number of amides is 2. The second-order valence-corrected chi connectivity index (χ2v) is 25.1. The number of aromatic nitrogens is 6. The number of hydrogen-bond acceptors (Lipinski definition) is 19. The van der Waals surface area contributed by atoms with E-state index in [0.717, 1.165) is 4.57 Å². The van der Waals surface area contributed by atoms with Crippen LogP contribution in [0.4, 0.5) is 11.6 Å². The van der Waals surface area contributed by atoms with Gasteiger partial charge in [0.1, 0.15) is 77.6 Å². The molecule has 2 aliphatic heterocycles. The molecule has 2 saturated heterocycles. The normalized spacial score (nSPS) is 19.2. The van der Waals surface area contributed by atoms with Crippen LogP contribution >= 0.6 is 38.8 Å². The molecule has 10 aromatic rings. The zero-order valence-corrected chi connectivity index (χ0v) is 53.2. The molecule has 12 rings (SSSR count). The van der Waals surface area contributed by atoms with E-state index in [2.05, 4.69) is 30.6 Å². The van der Waals surface area contributed by atoms with E-state index in [4.69, 9.17) is 69.5 Å². The second-order valence-electron chi connectivity index (χ2n) is 21.3. The van der Waals surface area contributed by atoms with Gasteiger partial charge in [0.15, 0.2) is 17.0 Å². The maximum atomic E-state index is 16.0. The molecule has 8 atom stereocenters. The topological polar surface area (TPSA) is 283 Å². The number of benzene rings is 7. The van der Waals surface area contributed by atoms with Crippen LogP contribution in [0, 0.1) is 0 Å². The molecule has 482 valence electrons. The highest BCUT2D eigenvalue weighted by Gasteiger charge is 2.49. The predicted molar refractivity (Wildman–Crippen MR) is 345 cm³/mol. The zero-order valence-electron chi connectivity index (χ0n) is 49.9. The Morgan fingerprint density at radius 2 is 1.10 bits per heavy atom. The summed E-state index contributed by atoms with van der Waals surface area (Å²) in [4.78, 5) is 69.3. The fourth-order valence-electron chi connectivity index (χ4n) is 10.8. The Hall–Kier alpha value is -9.13. The number of nitrogens with one attached hydrogen (secondary N) is 2. The number of phosphoric acid groups is 2. The molecule has 0 saturated carbocycles. The number of rotatable bonds is 25. The standard InChI is InChI=1S/C66H58Cl2N8O16P2/c1-83-49-26-18-45(19-27-49)66(44-16-10-5-11-17-44,46-20-28-50(84-2)29-21-46)85-38-55-54(37-59(87-55)76-41-71-60-61(69-40-70-62(60)76)74-64(78)43-14-8-4-9-15-43)92-94(82,90-52-32-24-48(68)25-33-52)86-39-56-53(91-93(80,81)89-51-30-22-47(67)23-31-51)36-58(88-56)75-35-34-57(73-65(75)79)72-63(77)42-12-6-3-7-13-42/h3-35,40-41,53-56,58-59H,36-39H2,1-2H3,(H,80,81)(H,69,70,74,78)(H,72,73,77,79)/t53-,54-,55+,56+,58+,59+,94?/m0/s1. The molecule has 7 aromatic carbocycles. The Kier molecular flexibility index (Phi) is 19.8. The Balaban J connectivity index is 0.900. The van der Waals surface area contributed by atoms with E-state index in [-0.39, 0.29) is 53.7 Å². The van der Waals surface area contributed by atoms with Gasteiger partial charge in [-0.3, -0.25) is 37.2 Å². The van der Waals surface area contributed by atoms with Gasteiger partial charge in [0, 0.05) is 40.2 Å². The van der Waals surface area contributed by atoms with Crippen molar-refractivity contribution in [2.24, 2.45) is 0 Å². The third kappa shape index (κ3) is 14.9. The summed E-state index contributed by atoms with van der Waals surface area (Å²) < 4.78 is 95.3. The number of methoxy groups -OCH3 is 2. The van der Waals surface area contributed by atoms with Crippen LogP contribution in [0.15, 0.2) is 218 Å². The number of halogens is 2. The summed E-state index contributed by atoms with van der Waals surface area (Å²) in [6, 6.07) is 54.0. The minimum Gasteiger partial charge on any atom is -0.497 e. The lowest BCUT2D eigenvalue weighted by atomic mass is 9.80. The molecule has 2 fully saturated rings. The van der Waals surface area contributed by atoms with Crippen molar-refractivity contribution in [2.45, 2.75) is 55.3 Å². The van der Waals surface area contributed by atoms with Crippen molar-refractivity contribution in [1.82, 2.24) is 29.1 Å². The Morgan fingerprint density at radius 1 is 0.596 bits per heavy atom. The van der Waals surface area contributed by atoms with Crippen molar-refractivity contribution in [3.8, 4) is 23.0 Å². The third-order valence-electron chi connectivity index (χ3n) is 15.3. The first-order chi connectivity index (χ1) is 45.5. The van der Waals surface area contributed by atoms with Crippen LogP contribution in [-0.2, 0) is 42.5 Å². The number of phosphoric ester groups is 2. The molecule has 0 bridgehead atoms. The number of carbonyl (C=O) groups excluding carboxylic acids is 2. The summed E-state index contributed by atoms with van der Waals surface area (Å²) in [7, 11) is -7.02. The SMILES string of the molecule is COc1ccc(C(OC[C@H]2O[C@@H](n3cnc4c(NC(=O)c5ccccc5)ncnc43)C[C@@H]2OP(=O)(OC[C@H]2O[C@@H](n3ccc(NC(=O)c4ccccc4)nc3=O)C[C@@H]2OP(=O)(O)Oc2ccc(Cl)cc2)Oc2ccc(Cl)cc2)(c2ccccc2)c2ccc(OC)cc2)cc1. The monoisotopic (exact) mass is 1350 g/mol. The summed E-state index contributed by atoms with van der Waals surface area (Å²) in [6.07, 6.45) is -4.03. The molecular weight excluding hydrogens is 1290 g/mol. The maximum Gasteiger partial charge on any atom is 0.530 e. The average Bonchev–Trinajstić information content (AvgIpc) is 0.897. The van der Waals surface area contributed by atoms with E-state index >= 15 is 4.57 Å². The van der Waals surface area contributed by atoms with Crippen LogP contribution < -0.4 is 34.8 Å². The van der Waals surface area contributed by atoms with Crippen molar-refractivity contribution in [3.63, 3.8) is 0 Å². The molecule has 94 heavy (non-hydrogen) atoms. The molecule has 3 N–H and O–H groups in total. The third-order valence-corrected chi connectivity index (χ3v) is 18.3. The van der Waals surface area contributed by atoms with E-state index in [0.29, 0.717) is 49.4 Å². The Morgan fingerprint density at radius 3 is 1.66 bits per heavy atom. The lowest BCUT2D eigenvalue weighted by Gasteiger charge is -2.37. The van der Waals surface area contributed by atoms with Crippen molar-refractivity contribution in [2.75, 3.05) is 38.1 Å². The van der Waals surface area contributed by atoms with Crippen LogP contribution in [0.5, 0.6) is 23.0 Å². The first kappa shape index (κ1) is 65.0. The van der Waals surface area contributed by atoms with Gasteiger partial charge in [0.05, 0.1) is 33.8 Å². The van der Waals surface area contributed by atoms with Crippen LogP contribution in [-0.4, -0.2) is 97.6 Å². The van der Waals surface area contributed by atoms with Gasteiger partial charge in [0.25, 0.3) is 11.8 Å². The van der Waals surface area contributed by atoms with Crippen LogP contribution in [0.25, 0.3) is 11.2 Å². The number of fused-ring (bicyclic) bond motifs is 1. The molecule has 2 aliphatic rings. The Bertz CT molecular complexity index is 4390. The molecule has 0 aliphatic carbocycles. The van der Waals surface area contributed by atoms with Crippen molar-refractivity contribution in [3.05, 3.63) is 261 Å². The van der Waals surface area contributed by atoms with Crippen molar-refractivity contribution in [1.29, 1.82) is 0 Å². The number of nitrogens with zero attached hydrogens (tertiary/aromatic N) is 6. The summed E-state index contributed by atoms with van der Waals surface area (Å²) >= 11 is 12.4. The highest BCUT2D eigenvalue weighted by Crippen LogP contribution is 2.56. The van der Waals surface area contributed by atoms with E-state index in [9.17, 15) is 23.8 Å². The van der Waals surface area contributed by atoms with Crippen molar-refractivity contribution < 1.29 is 69.9 Å². The summed E-state index contributed by atoms with van der Waals surface area (Å²) in [6.45, 7) is -1.06.